The number of nitro groups is 1. The molecule has 7 nitrogen and oxygen atoms in total. The second kappa shape index (κ2) is 7.40. The highest BCUT2D eigenvalue weighted by Crippen LogP contribution is 2.31. The standard InChI is InChI=1S/C18H14N2O5S/c1-19-17(21)16(26-18(19)22)10-12-4-8-15(9-5-12)25-11-13-2-6-14(7-3-13)20(23)24/h2-10H,11H2,1H3/b16-10-. The Balaban J connectivity index is 1.62. The fraction of sp³-hybridized carbons (Fsp3) is 0.111. The molecule has 0 aromatic heterocycles. The lowest BCUT2D eigenvalue weighted by Gasteiger charge is -2.06. The van der Waals surface area contributed by atoms with Crippen molar-refractivity contribution in [1.29, 1.82) is 0 Å². The van der Waals surface area contributed by atoms with E-state index in [-0.39, 0.29) is 23.4 Å². The van der Waals surface area contributed by atoms with E-state index in [2.05, 4.69) is 0 Å². The molecule has 132 valence electrons. The fourth-order valence-electron chi connectivity index (χ4n) is 2.24. The zero-order valence-corrected chi connectivity index (χ0v) is 14.6. The summed E-state index contributed by atoms with van der Waals surface area (Å²) in [6, 6.07) is 13.2. The van der Waals surface area contributed by atoms with Gasteiger partial charge in [-0.25, -0.2) is 0 Å². The summed E-state index contributed by atoms with van der Waals surface area (Å²) in [5.41, 5.74) is 1.64. The van der Waals surface area contributed by atoms with Crippen molar-refractivity contribution in [2.24, 2.45) is 0 Å². The minimum Gasteiger partial charge on any atom is -0.489 e. The molecular formula is C18H14N2O5S. The second-order valence-electron chi connectivity index (χ2n) is 5.52. The summed E-state index contributed by atoms with van der Waals surface area (Å²) >= 11 is 0.911. The van der Waals surface area contributed by atoms with Gasteiger partial charge >= 0.3 is 0 Å². The monoisotopic (exact) mass is 370 g/mol. The topological polar surface area (TPSA) is 89.8 Å². The number of hydrogen-bond donors (Lipinski definition) is 0. The first-order valence-electron chi connectivity index (χ1n) is 7.62. The number of likely N-dealkylation sites (N-methyl/N-ethyl adjacent to an activating group) is 1. The SMILES string of the molecule is CN1C(=O)S/C(=C\c2ccc(OCc3ccc([N+](=O)[O-])cc3)cc2)C1=O. The van der Waals surface area contributed by atoms with Crippen LogP contribution in [0.2, 0.25) is 0 Å². The molecule has 0 saturated carbocycles. The Labute approximate surface area is 153 Å². The number of benzene rings is 2. The van der Waals surface area contributed by atoms with Crippen molar-refractivity contribution in [3.8, 4) is 5.75 Å². The van der Waals surface area contributed by atoms with Crippen molar-refractivity contribution in [2.45, 2.75) is 6.61 Å². The number of rotatable bonds is 5. The molecule has 26 heavy (non-hydrogen) atoms. The van der Waals surface area contributed by atoms with Crippen LogP contribution in [0.15, 0.2) is 53.4 Å². The number of ether oxygens (including phenoxy) is 1. The van der Waals surface area contributed by atoms with Crippen molar-refractivity contribution < 1.29 is 19.2 Å². The summed E-state index contributed by atoms with van der Waals surface area (Å²) < 4.78 is 5.65. The molecule has 1 aliphatic rings. The number of carbonyl (C=O) groups excluding carboxylic acids is 2. The summed E-state index contributed by atoms with van der Waals surface area (Å²) in [6.45, 7) is 0.284. The van der Waals surface area contributed by atoms with Gasteiger partial charge in [0.25, 0.3) is 16.8 Å². The Morgan fingerprint density at radius 2 is 1.77 bits per heavy atom. The van der Waals surface area contributed by atoms with Crippen LogP contribution in [0.3, 0.4) is 0 Å². The Morgan fingerprint density at radius 1 is 1.12 bits per heavy atom. The van der Waals surface area contributed by atoms with E-state index in [1.54, 1.807) is 42.5 Å². The maximum absolute atomic E-state index is 11.9. The van der Waals surface area contributed by atoms with Gasteiger partial charge in [0.05, 0.1) is 9.83 Å². The molecule has 1 aliphatic heterocycles. The average molecular weight is 370 g/mol. The zero-order valence-electron chi connectivity index (χ0n) is 13.7. The molecular weight excluding hydrogens is 356 g/mol. The van der Waals surface area contributed by atoms with Gasteiger partial charge in [-0.15, -0.1) is 0 Å². The number of thioether (sulfide) groups is 1. The molecule has 2 amide bonds. The third kappa shape index (κ3) is 3.92. The molecule has 8 heteroatoms. The highest BCUT2D eigenvalue weighted by atomic mass is 32.2. The van der Waals surface area contributed by atoms with E-state index in [1.807, 2.05) is 0 Å². The molecule has 1 fully saturated rings. The summed E-state index contributed by atoms with van der Waals surface area (Å²) in [6.07, 6.45) is 1.66. The first-order chi connectivity index (χ1) is 12.4. The molecule has 2 aromatic rings. The third-order valence-corrected chi connectivity index (χ3v) is 4.68. The quantitative estimate of drug-likeness (QED) is 0.451. The van der Waals surface area contributed by atoms with Crippen LogP contribution < -0.4 is 4.74 Å². The van der Waals surface area contributed by atoms with Gasteiger partial charge in [-0.2, -0.15) is 0 Å². The van der Waals surface area contributed by atoms with Crippen LogP contribution in [0.1, 0.15) is 11.1 Å². The largest absolute Gasteiger partial charge is 0.489 e. The van der Waals surface area contributed by atoms with Gasteiger partial charge in [0.2, 0.25) is 0 Å². The highest BCUT2D eigenvalue weighted by Gasteiger charge is 2.31. The van der Waals surface area contributed by atoms with Gasteiger partial charge in [-0.1, -0.05) is 12.1 Å². The second-order valence-corrected chi connectivity index (χ2v) is 6.52. The van der Waals surface area contributed by atoms with E-state index < -0.39 is 4.92 Å². The van der Waals surface area contributed by atoms with E-state index in [0.717, 1.165) is 27.8 Å². The minimum absolute atomic E-state index is 0.0367. The van der Waals surface area contributed by atoms with E-state index in [1.165, 1.54) is 19.2 Å². The first-order valence-corrected chi connectivity index (χ1v) is 8.43. The third-order valence-electron chi connectivity index (χ3n) is 3.72. The lowest BCUT2D eigenvalue weighted by atomic mass is 10.2. The van der Waals surface area contributed by atoms with Crippen LogP contribution in [0.4, 0.5) is 10.5 Å². The van der Waals surface area contributed by atoms with Gasteiger partial charge < -0.3 is 4.74 Å². The molecule has 0 bridgehead atoms. The van der Waals surface area contributed by atoms with Crippen molar-refractivity contribution in [3.63, 3.8) is 0 Å². The van der Waals surface area contributed by atoms with Gasteiger partial charge in [-0.3, -0.25) is 24.6 Å². The van der Waals surface area contributed by atoms with E-state index in [4.69, 9.17) is 4.74 Å². The van der Waals surface area contributed by atoms with Gasteiger partial charge in [-0.05, 0) is 53.2 Å². The smallest absolute Gasteiger partial charge is 0.293 e. The zero-order chi connectivity index (χ0) is 18.7. The first kappa shape index (κ1) is 17.7. The molecule has 0 N–H and O–H groups in total. The van der Waals surface area contributed by atoms with Gasteiger partial charge in [0.15, 0.2) is 0 Å². The number of non-ortho nitro benzene ring substituents is 1. The molecule has 0 atom stereocenters. The number of nitro benzene ring substituents is 1. The summed E-state index contributed by atoms with van der Waals surface area (Å²) in [5.74, 6) is 0.322. The number of carbonyl (C=O) groups is 2. The van der Waals surface area contributed by atoms with Crippen molar-refractivity contribution in [1.82, 2.24) is 4.90 Å². The van der Waals surface area contributed by atoms with Crippen molar-refractivity contribution >= 4 is 34.7 Å². The number of nitrogens with zero attached hydrogens (tertiary/aromatic N) is 2. The molecule has 1 saturated heterocycles. The number of imide groups is 1. The lowest BCUT2D eigenvalue weighted by molar-refractivity contribution is -0.384. The van der Waals surface area contributed by atoms with Crippen LogP contribution in [0.5, 0.6) is 5.75 Å². The molecule has 0 spiro atoms. The van der Waals surface area contributed by atoms with Crippen LogP contribution in [-0.2, 0) is 11.4 Å². The average Bonchev–Trinajstić information content (AvgIpc) is 2.88. The fourth-order valence-corrected chi connectivity index (χ4v) is 3.07. The van der Waals surface area contributed by atoms with Gasteiger partial charge in [0.1, 0.15) is 12.4 Å². The molecule has 2 aromatic carbocycles. The maximum atomic E-state index is 11.9. The highest BCUT2D eigenvalue weighted by molar-refractivity contribution is 8.18. The summed E-state index contributed by atoms with van der Waals surface area (Å²) in [4.78, 5) is 35.0. The summed E-state index contributed by atoms with van der Waals surface area (Å²) in [7, 11) is 1.45. The molecule has 0 radical (unpaired) electrons. The molecule has 1 heterocycles. The Bertz CT molecular complexity index is 891. The van der Waals surface area contributed by atoms with Gasteiger partial charge in [0, 0.05) is 19.2 Å². The van der Waals surface area contributed by atoms with Crippen LogP contribution in [-0.4, -0.2) is 28.0 Å². The lowest BCUT2D eigenvalue weighted by Crippen LogP contribution is -2.22. The van der Waals surface area contributed by atoms with E-state index in [9.17, 15) is 19.7 Å². The normalized spacial score (nSPS) is 15.6. The summed E-state index contributed by atoms with van der Waals surface area (Å²) in [5, 5.41) is 10.3. The predicted octanol–water partition coefficient (Wildman–Crippen LogP) is 3.84. The van der Waals surface area contributed by atoms with E-state index in [0.29, 0.717) is 10.7 Å². The Hall–Kier alpha value is -3.13. The van der Waals surface area contributed by atoms with Crippen molar-refractivity contribution in [2.75, 3.05) is 7.05 Å². The molecule has 3 rings (SSSR count). The van der Waals surface area contributed by atoms with Crippen molar-refractivity contribution in [3.05, 3.63) is 74.7 Å². The molecule has 0 unspecified atom stereocenters. The van der Waals surface area contributed by atoms with Crippen LogP contribution >= 0.6 is 11.8 Å². The number of amides is 2. The van der Waals surface area contributed by atoms with Crippen LogP contribution in [0.25, 0.3) is 6.08 Å². The predicted molar refractivity (Wildman–Crippen MR) is 97.6 cm³/mol. The molecule has 0 aliphatic carbocycles. The number of hydrogen-bond acceptors (Lipinski definition) is 6. The van der Waals surface area contributed by atoms with E-state index >= 15 is 0 Å². The Morgan fingerprint density at radius 3 is 2.31 bits per heavy atom. The van der Waals surface area contributed by atoms with Crippen LogP contribution in [0, 0.1) is 10.1 Å². The minimum atomic E-state index is -0.448. The Kier molecular flexibility index (Phi) is 5.04. The maximum Gasteiger partial charge on any atom is 0.293 e.